The summed E-state index contributed by atoms with van der Waals surface area (Å²) in [7, 11) is 1.91. The molecule has 1 N–H and O–H groups in total. The number of hydrogen-bond donors (Lipinski definition) is 1. The zero-order valence-corrected chi connectivity index (χ0v) is 14.2. The van der Waals surface area contributed by atoms with Gasteiger partial charge in [-0.15, -0.1) is 0 Å². The third-order valence-electron chi connectivity index (χ3n) is 3.72. The van der Waals surface area contributed by atoms with E-state index in [1.54, 1.807) is 6.07 Å². The zero-order valence-electron chi connectivity index (χ0n) is 12.7. The molecule has 2 rings (SSSR count). The Morgan fingerprint density at radius 1 is 1.05 bits per heavy atom. The van der Waals surface area contributed by atoms with Gasteiger partial charge in [0.25, 0.3) is 0 Å². The lowest BCUT2D eigenvalue weighted by Gasteiger charge is -2.18. The molecule has 0 heterocycles. The van der Waals surface area contributed by atoms with Crippen LogP contribution >= 0.6 is 15.9 Å². The van der Waals surface area contributed by atoms with E-state index in [9.17, 15) is 4.39 Å². The van der Waals surface area contributed by atoms with E-state index in [4.69, 9.17) is 0 Å². The predicted molar refractivity (Wildman–Crippen MR) is 90.1 cm³/mol. The molecule has 0 aliphatic heterocycles. The maximum atomic E-state index is 13.5. The van der Waals surface area contributed by atoms with Crippen LogP contribution < -0.4 is 5.32 Å². The van der Waals surface area contributed by atoms with Crippen LogP contribution in [0.15, 0.2) is 46.9 Å². The van der Waals surface area contributed by atoms with E-state index in [2.05, 4.69) is 59.4 Å². The van der Waals surface area contributed by atoms with E-state index in [0.717, 1.165) is 16.5 Å². The Bertz CT molecular complexity index is 572. The summed E-state index contributed by atoms with van der Waals surface area (Å²) >= 11 is 3.35. The lowest BCUT2D eigenvalue weighted by atomic mass is 9.96. The van der Waals surface area contributed by atoms with Gasteiger partial charge in [-0.05, 0) is 54.3 Å². The van der Waals surface area contributed by atoms with Gasteiger partial charge in [0.05, 0.1) is 0 Å². The second-order valence-electron chi connectivity index (χ2n) is 5.64. The van der Waals surface area contributed by atoms with Crippen molar-refractivity contribution in [2.75, 3.05) is 7.05 Å². The number of halogens is 2. The Hall–Kier alpha value is -1.19. The molecule has 0 spiro atoms. The zero-order chi connectivity index (χ0) is 15.4. The van der Waals surface area contributed by atoms with Crippen LogP contribution in [0.5, 0.6) is 0 Å². The summed E-state index contributed by atoms with van der Waals surface area (Å²) in [5, 5.41) is 3.27. The third kappa shape index (κ3) is 4.39. The second-order valence-corrected chi connectivity index (χ2v) is 6.56. The topological polar surface area (TPSA) is 12.0 Å². The van der Waals surface area contributed by atoms with Gasteiger partial charge in [0, 0.05) is 10.5 Å². The largest absolute Gasteiger partial charge is 0.313 e. The molecule has 0 aliphatic carbocycles. The summed E-state index contributed by atoms with van der Waals surface area (Å²) in [6.45, 7) is 4.38. The molecule has 0 radical (unpaired) electrons. The molecule has 2 aromatic rings. The quantitative estimate of drug-likeness (QED) is 0.780. The van der Waals surface area contributed by atoms with Gasteiger partial charge in [-0.1, -0.05) is 54.0 Å². The lowest BCUT2D eigenvalue weighted by Crippen LogP contribution is -2.19. The van der Waals surface area contributed by atoms with Gasteiger partial charge in [0.1, 0.15) is 5.82 Å². The van der Waals surface area contributed by atoms with Crippen molar-refractivity contribution in [3.8, 4) is 0 Å². The summed E-state index contributed by atoms with van der Waals surface area (Å²) in [6.07, 6.45) is 0.838. The summed E-state index contributed by atoms with van der Waals surface area (Å²) in [5.74, 6) is 0.327. The Labute approximate surface area is 134 Å². The first-order valence-corrected chi connectivity index (χ1v) is 8.01. The first-order valence-electron chi connectivity index (χ1n) is 7.21. The highest BCUT2D eigenvalue weighted by Crippen LogP contribution is 2.24. The molecule has 1 nitrogen and oxygen atoms in total. The molecule has 21 heavy (non-hydrogen) atoms. The maximum absolute atomic E-state index is 13.5. The minimum atomic E-state index is -0.213. The van der Waals surface area contributed by atoms with Crippen molar-refractivity contribution < 1.29 is 4.39 Å². The Balaban J connectivity index is 2.18. The fourth-order valence-corrected chi connectivity index (χ4v) is 2.92. The van der Waals surface area contributed by atoms with Crippen molar-refractivity contribution in [2.24, 2.45) is 0 Å². The number of benzene rings is 2. The number of likely N-dealkylation sites (N-methyl/N-ethyl adjacent to an activating group) is 1. The smallest absolute Gasteiger partial charge is 0.124 e. The fraction of sp³-hybridized carbons (Fsp3) is 0.333. The minimum Gasteiger partial charge on any atom is -0.313 e. The minimum absolute atomic E-state index is 0.0990. The normalized spacial score (nSPS) is 12.7. The van der Waals surface area contributed by atoms with Crippen molar-refractivity contribution in [1.29, 1.82) is 0 Å². The average Bonchev–Trinajstić information content (AvgIpc) is 2.44. The van der Waals surface area contributed by atoms with Crippen molar-refractivity contribution in [3.05, 3.63) is 69.4 Å². The third-order valence-corrected chi connectivity index (χ3v) is 4.18. The molecular weight excluding hydrogens is 329 g/mol. The van der Waals surface area contributed by atoms with E-state index in [1.807, 2.05) is 13.1 Å². The van der Waals surface area contributed by atoms with Crippen molar-refractivity contribution in [3.63, 3.8) is 0 Å². The molecule has 112 valence electrons. The first kappa shape index (κ1) is 16.2. The van der Waals surface area contributed by atoms with E-state index in [1.165, 1.54) is 17.2 Å². The van der Waals surface area contributed by atoms with Gasteiger partial charge in [0.2, 0.25) is 0 Å². The van der Waals surface area contributed by atoms with Crippen LogP contribution in [0.3, 0.4) is 0 Å². The molecule has 0 fully saturated rings. The monoisotopic (exact) mass is 349 g/mol. The van der Waals surface area contributed by atoms with E-state index in [0.29, 0.717) is 5.92 Å². The molecule has 0 aliphatic rings. The maximum Gasteiger partial charge on any atom is 0.124 e. The molecule has 0 saturated heterocycles. The van der Waals surface area contributed by atoms with E-state index >= 15 is 0 Å². The van der Waals surface area contributed by atoms with Gasteiger partial charge in [-0.3, -0.25) is 0 Å². The lowest BCUT2D eigenvalue weighted by molar-refractivity contribution is 0.576. The van der Waals surface area contributed by atoms with Crippen LogP contribution in [0.4, 0.5) is 4.39 Å². The molecule has 0 amide bonds. The summed E-state index contributed by atoms with van der Waals surface area (Å²) < 4.78 is 14.3. The van der Waals surface area contributed by atoms with Gasteiger partial charge in [0.15, 0.2) is 0 Å². The number of hydrogen-bond acceptors (Lipinski definition) is 1. The van der Waals surface area contributed by atoms with Gasteiger partial charge in [-0.2, -0.15) is 0 Å². The van der Waals surface area contributed by atoms with E-state index in [-0.39, 0.29) is 11.9 Å². The highest BCUT2D eigenvalue weighted by Gasteiger charge is 2.12. The van der Waals surface area contributed by atoms with Gasteiger partial charge in [-0.25, -0.2) is 4.39 Å². The van der Waals surface area contributed by atoms with Crippen LogP contribution in [0, 0.1) is 5.82 Å². The van der Waals surface area contributed by atoms with Crippen LogP contribution in [0.25, 0.3) is 0 Å². The Morgan fingerprint density at radius 3 is 2.24 bits per heavy atom. The molecule has 2 aromatic carbocycles. The van der Waals surface area contributed by atoms with Gasteiger partial charge < -0.3 is 5.32 Å². The Kier molecular flexibility index (Phi) is 5.54. The molecule has 0 aromatic heterocycles. The van der Waals surface area contributed by atoms with Crippen molar-refractivity contribution >= 4 is 15.9 Å². The summed E-state index contributed by atoms with van der Waals surface area (Å²) in [5.41, 5.74) is 3.55. The standard InChI is InChI=1S/C18H21BrFN/c1-12(2)14-6-4-13(5-7-14)8-18(21-3)15-9-16(19)11-17(20)10-15/h4-7,9-12,18,21H,8H2,1-3H3. The highest BCUT2D eigenvalue weighted by atomic mass is 79.9. The van der Waals surface area contributed by atoms with Crippen molar-refractivity contribution in [2.45, 2.75) is 32.2 Å². The fourth-order valence-electron chi connectivity index (χ4n) is 2.44. The van der Waals surface area contributed by atoms with Crippen LogP contribution in [0.1, 0.15) is 42.5 Å². The molecule has 0 saturated carbocycles. The summed E-state index contributed by atoms with van der Waals surface area (Å²) in [4.78, 5) is 0. The van der Waals surface area contributed by atoms with Gasteiger partial charge >= 0.3 is 0 Å². The Morgan fingerprint density at radius 2 is 1.71 bits per heavy atom. The summed E-state index contributed by atoms with van der Waals surface area (Å²) in [6, 6.07) is 13.8. The number of nitrogens with one attached hydrogen (secondary N) is 1. The van der Waals surface area contributed by atoms with Crippen LogP contribution in [-0.2, 0) is 6.42 Å². The van der Waals surface area contributed by atoms with E-state index < -0.39 is 0 Å². The second kappa shape index (κ2) is 7.19. The first-order chi connectivity index (χ1) is 9.99. The number of rotatable bonds is 5. The molecular formula is C18H21BrFN. The molecule has 3 heteroatoms. The predicted octanol–water partition coefficient (Wildman–Crippen LogP) is 5.21. The van der Waals surface area contributed by atoms with Crippen LogP contribution in [-0.4, -0.2) is 7.05 Å². The SMILES string of the molecule is CNC(Cc1ccc(C(C)C)cc1)c1cc(F)cc(Br)c1. The highest BCUT2D eigenvalue weighted by molar-refractivity contribution is 9.10. The molecule has 1 atom stereocenters. The average molecular weight is 350 g/mol. The molecule has 1 unspecified atom stereocenters. The van der Waals surface area contributed by atoms with Crippen LogP contribution in [0.2, 0.25) is 0 Å². The van der Waals surface area contributed by atoms with Crippen molar-refractivity contribution in [1.82, 2.24) is 5.32 Å². The molecule has 0 bridgehead atoms.